The molecular weight excluding hydrogens is 227 g/mol. The molecule has 0 aromatic heterocycles. The Bertz CT molecular complexity index is 370. The summed E-state index contributed by atoms with van der Waals surface area (Å²) in [6, 6.07) is 4.88. The molecule has 0 saturated carbocycles. The van der Waals surface area contributed by atoms with Crippen LogP contribution >= 0.6 is 11.6 Å². The van der Waals surface area contributed by atoms with E-state index in [1.165, 1.54) is 18.6 Å². The molecule has 2 rings (SSSR count). The first-order valence-corrected chi connectivity index (χ1v) is 5.93. The number of benzene rings is 1. The molecule has 1 saturated heterocycles. The van der Waals surface area contributed by atoms with E-state index in [1.54, 1.807) is 6.07 Å². The van der Waals surface area contributed by atoms with Crippen LogP contribution in [-0.2, 0) is 0 Å². The van der Waals surface area contributed by atoms with Crippen molar-refractivity contribution in [2.24, 2.45) is 0 Å². The number of nitrogens with one attached hydrogen (secondary N) is 1. The van der Waals surface area contributed by atoms with Crippen LogP contribution in [0.2, 0.25) is 5.02 Å². The molecule has 1 unspecified atom stereocenters. The van der Waals surface area contributed by atoms with Crippen LogP contribution in [-0.4, -0.2) is 31.1 Å². The highest BCUT2D eigenvalue weighted by molar-refractivity contribution is 6.33. The third-order valence-electron chi connectivity index (χ3n) is 2.92. The zero-order valence-corrected chi connectivity index (χ0v) is 10.1. The summed E-state index contributed by atoms with van der Waals surface area (Å²) in [6.07, 6.45) is 2.32. The summed E-state index contributed by atoms with van der Waals surface area (Å²) in [5, 5.41) is 3.82. The monoisotopic (exact) mass is 242 g/mol. The number of likely N-dealkylation sites (tertiary alicyclic amines) is 1. The van der Waals surface area contributed by atoms with Gasteiger partial charge in [-0.05, 0) is 44.6 Å². The van der Waals surface area contributed by atoms with Gasteiger partial charge in [-0.2, -0.15) is 0 Å². The molecule has 1 aliphatic heterocycles. The number of rotatable bonds is 2. The van der Waals surface area contributed by atoms with E-state index in [2.05, 4.69) is 17.3 Å². The van der Waals surface area contributed by atoms with Crippen LogP contribution in [0.5, 0.6) is 0 Å². The van der Waals surface area contributed by atoms with Crippen molar-refractivity contribution in [3.05, 3.63) is 29.0 Å². The van der Waals surface area contributed by atoms with E-state index in [4.69, 9.17) is 11.6 Å². The van der Waals surface area contributed by atoms with Gasteiger partial charge < -0.3 is 10.2 Å². The smallest absolute Gasteiger partial charge is 0.124 e. The van der Waals surface area contributed by atoms with Crippen molar-refractivity contribution < 1.29 is 4.39 Å². The van der Waals surface area contributed by atoms with E-state index in [0.717, 1.165) is 25.2 Å². The highest BCUT2D eigenvalue weighted by atomic mass is 35.5. The van der Waals surface area contributed by atoms with Crippen LogP contribution in [0.25, 0.3) is 0 Å². The van der Waals surface area contributed by atoms with Gasteiger partial charge in [0.05, 0.1) is 10.7 Å². The molecule has 0 radical (unpaired) electrons. The van der Waals surface area contributed by atoms with E-state index in [0.29, 0.717) is 11.1 Å². The summed E-state index contributed by atoms with van der Waals surface area (Å²) < 4.78 is 12.9. The molecular formula is C12H16ClFN2. The van der Waals surface area contributed by atoms with Crippen molar-refractivity contribution in [1.29, 1.82) is 0 Å². The van der Waals surface area contributed by atoms with E-state index >= 15 is 0 Å². The number of hydrogen-bond acceptors (Lipinski definition) is 2. The fraction of sp³-hybridized carbons (Fsp3) is 0.500. The van der Waals surface area contributed by atoms with Crippen molar-refractivity contribution in [1.82, 2.24) is 4.90 Å². The lowest BCUT2D eigenvalue weighted by molar-refractivity contribution is 0.261. The second-order valence-corrected chi connectivity index (χ2v) is 4.78. The molecule has 1 fully saturated rings. The van der Waals surface area contributed by atoms with Gasteiger partial charge in [0, 0.05) is 12.6 Å². The quantitative estimate of drug-likeness (QED) is 0.858. The van der Waals surface area contributed by atoms with Crippen LogP contribution in [0.15, 0.2) is 18.2 Å². The number of likely N-dealkylation sites (N-methyl/N-ethyl adjacent to an activating group) is 1. The van der Waals surface area contributed by atoms with Gasteiger partial charge >= 0.3 is 0 Å². The predicted octanol–water partition coefficient (Wildman–Crippen LogP) is 2.99. The third-order valence-corrected chi connectivity index (χ3v) is 3.23. The van der Waals surface area contributed by atoms with Crippen molar-refractivity contribution in [2.75, 3.05) is 25.5 Å². The first kappa shape index (κ1) is 11.7. The van der Waals surface area contributed by atoms with Crippen LogP contribution in [0.4, 0.5) is 10.1 Å². The highest BCUT2D eigenvalue weighted by Gasteiger charge is 2.17. The van der Waals surface area contributed by atoms with Crippen molar-refractivity contribution in [2.45, 2.75) is 18.9 Å². The number of nitrogens with zero attached hydrogens (tertiary/aromatic N) is 1. The molecule has 4 heteroatoms. The number of piperidine rings is 1. The lowest BCUT2D eigenvalue weighted by Crippen LogP contribution is -2.39. The lowest BCUT2D eigenvalue weighted by atomic mass is 10.1. The zero-order chi connectivity index (χ0) is 11.5. The largest absolute Gasteiger partial charge is 0.380 e. The topological polar surface area (TPSA) is 15.3 Å². The molecule has 0 spiro atoms. The van der Waals surface area contributed by atoms with Crippen molar-refractivity contribution in [3.8, 4) is 0 Å². The highest BCUT2D eigenvalue weighted by Crippen LogP contribution is 2.24. The van der Waals surface area contributed by atoms with E-state index < -0.39 is 0 Å². The van der Waals surface area contributed by atoms with E-state index in [-0.39, 0.29) is 5.82 Å². The van der Waals surface area contributed by atoms with Crippen molar-refractivity contribution in [3.63, 3.8) is 0 Å². The summed E-state index contributed by atoms with van der Waals surface area (Å²) in [5.74, 6) is -0.295. The molecule has 88 valence electrons. The molecule has 2 nitrogen and oxygen atoms in total. The normalized spacial score (nSPS) is 22.1. The van der Waals surface area contributed by atoms with Gasteiger partial charge in [-0.15, -0.1) is 0 Å². The first-order valence-electron chi connectivity index (χ1n) is 5.55. The van der Waals surface area contributed by atoms with Gasteiger partial charge in [-0.25, -0.2) is 4.39 Å². The maximum Gasteiger partial charge on any atom is 0.124 e. The Kier molecular flexibility index (Phi) is 3.66. The van der Waals surface area contributed by atoms with Gasteiger partial charge in [0.15, 0.2) is 0 Å². The molecule has 1 aromatic carbocycles. The zero-order valence-electron chi connectivity index (χ0n) is 9.34. The van der Waals surface area contributed by atoms with Crippen LogP contribution < -0.4 is 5.32 Å². The Hall–Kier alpha value is -0.800. The minimum atomic E-state index is -0.295. The molecule has 0 aliphatic carbocycles. The Morgan fingerprint density at radius 1 is 1.50 bits per heavy atom. The maximum atomic E-state index is 12.9. The molecule has 1 atom stereocenters. The van der Waals surface area contributed by atoms with Gasteiger partial charge in [0.1, 0.15) is 5.82 Å². The molecule has 0 bridgehead atoms. The van der Waals surface area contributed by atoms with Crippen LogP contribution in [0.3, 0.4) is 0 Å². The summed E-state index contributed by atoms with van der Waals surface area (Å²) in [4.78, 5) is 2.29. The SMILES string of the molecule is CN1CCCC(Nc2ccc(F)cc2Cl)C1. The summed E-state index contributed by atoms with van der Waals surface area (Å²) in [5.41, 5.74) is 0.823. The number of hydrogen-bond donors (Lipinski definition) is 1. The van der Waals surface area contributed by atoms with Gasteiger partial charge in [0.25, 0.3) is 0 Å². The van der Waals surface area contributed by atoms with E-state index in [9.17, 15) is 4.39 Å². The molecule has 1 heterocycles. The summed E-state index contributed by atoms with van der Waals surface area (Å²) in [7, 11) is 2.11. The minimum absolute atomic E-state index is 0.295. The second-order valence-electron chi connectivity index (χ2n) is 4.37. The third kappa shape index (κ3) is 2.86. The summed E-state index contributed by atoms with van der Waals surface area (Å²) in [6.45, 7) is 2.16. The lowest BCUT2D eigenvalue weighted by Gasteiger charge is -2.31. The summed E-state index contributed by atoms with van der Waals surface area (Å²) >= 11 is 5.97. The first-order chi connectivity index (χ1) is 7.65. The minimum Gasteiger partial charge on any atom is -0.380 e. The van der Waals surface area contributed by atoms with Gasteiger partial charge in [0.2, 0.25) is 0 Å². The van der Waals surface area contributed by atoms with Crippen LogP contribution in [0.1, 0.15) is 12.8 Å². The Morgan fingerprint density at radius 2 is 2.31 bits per heavy atom. The molecule has 1 aliphatic rings. The van der Waals surface area contributed by atoms with Crippen LogP contribution in [0, 0.1) is 5.82 Å². The molecule has 16 heavy (non-hydrogen) atoms. The standard InChI is InChI=1S/C12H16ClFN2/c1-16-6-2-3-10(8-16)15-12-5-4-9(14)7-11(12)13/h4-5,7,10,15H,2-3,6,8H2,1H3. The number of anilines is 1. The Labute approximate surface area is 100 Å². The predicted molar refractivity (Wildman–Crippen MR) is 65.6 cm³/mol. The fourth-order valence-corrected chi connectivity index (χ4v) is 2.33. The van der Waals surface area contributed by atoms with E-state index in [1.807, 2.05) is 0 Å². The fourth-order valence-electron chi connectivity index (χ4n) is 2.11. The van der Waals surface area contributed by atoms with Gasteiger partial charge in [-0.1, -0.05) is 11.6 Å². The average Bonchev–Trinajstić information content (AvgIpc) is 2.22. The molecule has 1 aromatic rings. The number of halogens is 2. The van der Waals surface area contributed by atoms with Crippen molar-refractivity contribution >= 4 is 17.3 Å². The maximum absolute atomic E-state index is 12.9. The molecule has 0 amide bonds. The Morgan fingerprint density at radius 3 is 3.00 bits per heavy atom. The Balaban J connectivity index is 2.02. The van der Waals surface area contributed by atoms with Gasteiger partial charge in [-0.3, -0.25) is 0 Å². The molecule has 1 N–H and O–H groups in total. The average molecular weight is 243 g/mol. The second kappa shape index (κ2) is 5.02.